The van der Waals surface area contributed by atoms with Crippen LogP contribution in [0.2, 0.25) is 0 Å². The molecule has 1 rings (SSSR count). The van der Waals surface area contributed by atoms with E-state index in [0.717, 1.165) is 0 Å². The van der Waals surface area contributed by atoms with Crippen LogP contribution in [0.4, 0.5) is 0 Å². The average molecular weight is 225 g/mol. The second-order valence-electron chi connectivity index (χ2n) is 3.51. The van der Waals surface area contributed by atoms with E-state index >= 15 is 0 Å². The van der Waals surface area contributed by atoms with Crippen molar-refractivity contribution in [3.63, 3.8) is 0 Å². The molecule has 0 radical (unpaired) electrons. The van der Waals surface area contributed by atoms with Crippen molar-refractivity contribution in [2.24, 2.45) is 5.92 Å². The number of carbonyl (C=O) groups excluding carboxylic acids is 1. The fourth-order valence-electron chi connectivity index (χ4n) is 1.19. The number of Topliss-reactive ketones (excluding diaryl/α,β-unsaturated/α-hetero) is 1. The average Bonchev–Trinajstić information content (AvgIpc) is 2.27. The largest absolute Gasteiger partial charge is 0.548 e. The molecule has 0 saturated carbocycles. The molecule has 0 aliphatic carbocycles. The Morgan fingerprint density at radius 2 is 1.80 bits per heavy atom. The van der Waals surface area contributed by atoms with Crippen LogP contribution >= 0.6 is 8.03 Å². The third-order valence-electron chi connectivity index (χ3n) is 2.05. The molecule has 0 aromatic heterocycles. The lowest BCUT2D eigenvalue weighted by atomic mass is 10.0. The van der Waals surface area contributed by atoms with Gasteiger partial charge in [-0.25, -0.2) is 0 Å². The van der Waals surface area contributed by atoms with E-state index in [9.17, 15) is 9.36 Å². The van der Waals surface area contributed by atoms with E-state index < -0.39 is 8.03 Å². The first kappa shape index (κ1) is 12.0. The summed E-state index contributed by atoms with van der Waals surface area (Å²) in [5.74, 6) is 0.0706. The Morgan fingerprint density at radius 3 is 2.20 bits per heavy atom. The summed E-state index contributed by atoms with van der Waals surface area (Å²) in [5.41, 5.74) is 0.647. The molecule has 1 aromatic rings. The van der Waals surface area contributed by atoms with Gasteiger partial charge in [-0.2, -0.15) is 0 Å². The zero-order valence-corrected chi connectivity index (χ0v) is 9.95. The maximum absolute atomic E-state index is 11.6. The number of carbonyl (C=O) groups is 1. The third kappa shape index (κ3) is 2.95. The Bertz CT molecular complexity index is 368. The van der Waals surface area contributed by atoms with Gasteiger partial charge in [0, 0.05) is 11.5 Å². The van der Waals surface area contributed by atoms with Gasteiger partial charge >= 0.3 is 8.03 Å². The van der Waals surface area contributed by atoms with Crippen LogP contribution in [0, 0.1) is 5.92 Å². The lowest BCUT2D eigenvalue weighted by Crippen LogP contribution is -2.08. The monoisotopic (exact) mass is 225 g/mol. The highest BCUT2D eigenvalue weighted by molar-refractivity contribution is 7.48. The molecular formula is C11H14O3P+. The van der Waals surface area contributed by atoms with Crippen LogP contribution in [-0.4, -0.2) is 12.9 Å². The Kier molecular flexibility index (Phi) is 4.13. The van der Waals surface area contributed by atoms with E-state index in [1.165, 1.54) is 7.11 Å². The smallest absolute Gasteiger partial charge is 0.294 e. The van der Waals surface area contributed by atoms with E-state index in [1.807, 2.05) is 13.8 Å². The molecule has 0 bridgehead atoms. The second-order valence-corrected chi connectivity index (χ2v) is 4.90. The summed E-state index contributed by atoms with van der Waals surface area (Å²) in [6.07, 6.45) is 0. The normalized spacial score (nSPS) is 11.6. The molecule has 80 valence electrons. The van der Waals surface area contributed by atoms with Crippen LogP contribution in [0.1, 0.15) is 24.2 Å². The van der Waals surface area contributed by atoms with Gasteiger partial charge in [0.25, 0.3) is 0 Å². The fourth-order valence-corrected chi connectivity index (χ4v) is 1.79. The third-order valence-corrected chi connectivity index (χ3v) is 3.10. The van der Waals surface area contributed by atoms with Crippen molar-refractivity contribution in [2.45, 2.75) is 13.8 Å². The Hall–Kier alpha value is -1.05. The first-order valence-corrected chi connectivity index (χ1v) is 5.89. The molecule has 0 spiro atoms. The predicted octanol–water partition coefficient (Wildman–Crippen LogP) is 2.54. The summed E-state index contributed by atoms with van der Waals surface area (Å²) >= 11 is 0. The summed E-state index contributed by atoms with van der Waals surface area (Å²) in [4.78, 5) is 11.6. The van der Waals surface area contributed by atoms with E-state index in [-0.39, 0.29) is 11.7 Å². The van der Waals surface area contributed by atoms with Gasteiger partial charge in [-0.15, -0.1) is 4.52 Å². The van der Waals surface area contributed by atoms with E-state index in [0.29, 0.717) is 10.9 Å². The van der Waals surface area contributed by atoms with Gasteiger partial charge in [0.15, 0.2) is 5.78 Å². The molecule has 4 heteroatoms. The summed E-state index contributed by atoms with van der Waals surface area (Å²) in [7, 11) is -0.387. The molecule has 0 N–H and O–H groups in total. The topological polar surface area (TPSA) is 43.4 Å². The van der Waals surface area contributed by atoms with Crippen molar-refractivity contribution in [3.8, 4) is 0 Å². The van der Waals surface area contributed by atoms with Gasteiger partial charge in [-0.1, -0.05) is 13.8 Å². The van der Waals surface area contributed by atoms with Gasteiger partial charge in [0.2, 0.25) is 5.30 Å². The summed E-state index contributed by atoms with van der Waals surface area (Å²) in [6, 6.07) is 6.70. The minimum absolute atomic E-state index is 0.0213. The molecule has 3 nitrogen and oxygen atoms in total. The van der Waals surface area contributed by atoms with Crippen molar-refractivity contribution in [1.29, 1.82) is 0 Å². The van der Waals surface area contributed by atoms with E-state index in [4.69, 9.17) is 4.52 Å². The van der Waals surface area contributed by atoms with Gasteiger partial charge in [0.05, 0.1) is 7.11 Å². The van der Waals surface area contributed by atoms with Gasteiger partial charge < -0.3 is 0 Å². The van der Waals surface area contributed by atoms with Gasteiger partial charge in [0.1, 0.15) is 0 Å². The van der Waals surface area contributed by atoms with Crippen LogP contribution < -0.4 is 5.30 Å². The zero-order valence-electron chi connectivity index (χ0n) is 9.06. The maximum atomic E-state index is 11.6. The highest BCUT2D eigenvalue weighted by atomic mass is 31.1. The first-order valence-electron chi connectivity index (χ1n) is 4.72. The lowest BCUT2D eigenvalue weighted by molar-refractivity contribution is 0.0939. The van der Waals surface area contributed by atoms with Crippen LogP contribution in [0.5, 0.6) is 0 Å². The lowest BCUT2D eigenvalue weighted by Gasteiger charge is -2.02. The molecule has 15 heavy (non-hydrogen) atoms. The minimum atomic E-state index is -1.78. The predicted molar refractivity (Wildman–Crippen MR) is 59.9 cm³/mol. The van der Waals surface area contributed by atoms with E-state index in [2.05, 4.69) is 0 Å². The number of ketones is 1. The number of benzene rings is 1. The molecule has 0 amide bonds. The zero-order chi connectivity index (χ0) is 11.4. The highest BCUT2D eigenvalue weighted by Gasteiger charge is 2.20. The molecule has 0 aliphatic heterocycles. The molecule has 0 saturated heterocycles. The van der Waals surface area contributed by atoms with Crippen molar-refractivity contribution >= 4 is 19.1 Å². The standard InChI is InChI=1S/C11H14O3P/c1-8(2)11(12)9-4-6-10(7-5-9)15(13)14-3/h4-8H,1-3H3/q+1. The van der Waals surface area contributed by atoms with Gasteiger partial charge in [-0.05, 0) is 28.8 Å². The molecular weight excluding hydrogens is 211 g/mol. The molecule has 0 aliphatic rings. The highest BCUT2D eigenvalue weighted by Crippen LogP contribution is 2.19. The number of hydrogen-bond acceptors (Lipinski definition) is 3. The van der Waals surface area contributed by atoms with Crippen LogP contribution in [0.3, 0.4) is 0 Å². The molecule has 1 atom stereocenters. The van der Waals surface area contributed by atoms with Crippen LogP contribution in [0.25, 0.3) is 0 Å². The molecule has 0 heterocycles. The molecule has 1 aromatic carbocycles. The van der Waals surface area contributed by atoms with E-state index in [1.54, 1.807) is 24.3 Å². The van der Waals surface area contributed by atoms with Crippen molar-refractivity contribution in [2.75, 3.05) is 7.11 Å². The number of hydrogen-bond donors (Lipinski definition) is 0. The number of rotatable bonds is 4. The second kappa shape index (κ2) is 5.15. The quantitative estimate of drug-likeness (QED) is 0.584. The SMILES string of the molecule is CO[P+](=O)c1ccc(C(=O)C(C)C)cc1. The molecule has 1 unspecified atom stereocenters. The summed E-state index contributed by atoms with van der Waals surface area (Å²) < 4.78 is 16.0. The Labute approximate surface area is 90.3 Å². The van der Waals surface area contributed by atoms with Crippen LogP contribution in [-0.2, 0) is 9.09 Å². The summed E-state index contributed by atoms with van der Waals surface area (Å²) in [5, 5.41) is 0.604. The minimum Gasteiger partial charge on any atom is -0.294 e. The first-order chi connectivity index (χ1) is 7.06. The Balaban J connectivity index is 2.90. The fraction of sp³-hybridized carbons (Fsp3) is 0.364. The van der Waals surface area contributed by atoms with Gasteiger partial charge in [-0.3, -0.25) is 4.79 Å². The van der Waals surface area contributed by atoms with Crippen molar-refractivity contribution in [1.82, 2.24) is 0 Å². The van der Waals surface area contributed by atoms with Crippen molar-refractivity contribution in [3.05, 3.63) is 29.8 Å². The summed E-state index contributed by atoms with van der Waals surface area (Å²) in [6.45, 7) is 3.71. The Morgan fingerprint density at radius 1 is 1.27 bits per heavy atom. The van der Waals surface area contributed by atoms with Crippen molar-refractivity contribution < 1.29 is 13.9 Å². The van der Waals surface area contributed by atoms with Crippen LogP contribution in [0.15, 0.2) is 24.3 Å². The molecule has 0 fully saturated rings. The maximum Gasteiger partial charge on any atom is 0.548 e.